The van der Waals surface area contributed by atoms with E-state index in [1.165, 1.54) is 18.5 Å². The van der Waals surface area contributed by atoms with Crippen LogP contribution in [0.15, 0.2) is 22.7 Å². The molecule has 2 rings (SSSR count). The van der Waals surface area contributed by atoms with E-state index in [1.54, 1.807) is 0 Å². The van der Waals surface area contributed by atoms with Gasteiger partial charge in [0, 0.05) is 36.4 Å². The van der Waals surface area contributed by atoms with Crippen molar-refractivity contribution in [2.75, 3.05) is 25.1 Å². The van der Waals surface area contributed by atoms with Gasteiger partial charge >= 0.3 is 0 Å². The first-order chi connectivity index (χ1) is 8.58. The smallest absolute Gasteiger partial charge is 0.0750 e. The fourth-order valence-electron chi connectivity index (χ4n) is 2.32. The van der Waals surface area contributed by atoms with Gasteiger partial charge in [-0.2, -0.15) is 0 Å². The van der Waals surface area contributed by atoms with Crippen molar-refractivity contribution in [1.82, 2.24) is 0 Å². The van der Waals surface area contributed by atoms with Crippen LogP contribution in [0, 0.1) is 0 Å². The third-order valence-corrected chi connectivity index (χ3v) is 4.10. The molecule has 3 nitrogen and oxygen atoms in total. The first-order valence-corrected chi connectivity index (χ1v) is 7.25. The fraction of sp³-hybridized carbons (Fsp3) is 0.571. The first-order valence-electron chi connectivity index (χ1n) is 6.45. The van der Waals surface area contributed by atoms with E-state index in [1.807, 2.05) is 6.92 Å². The number of halogens is 1. The zero-order valence-corrected chi connectivity index (χ0v) is 12.6. The number of rotatable bonds is 4. The highest BCUT2D eigenvalue weighted by molar-refractivity contribution is 9.10. The predicted octanol–water partition coefficient (Wildman–Crippen LogP) is 3.08. The Bertz CT molecular complexity index is 403. The molecule has 0 aliphatic carbocycles. The van der Waals surface area contributed by atoms with Crippen molar-refractivity contribution in [3.63, 3.8) is 0 Å². The molecule has 2 N–H and O–H groups in total. The molecule has 0 spiro atoms. The van der Waals surface area contributed by atoms with Crippen molar-refractivity contribution in [1.29, 1.82) is 0 Å². The van der Waals surface area contributed by atoms with Gasteiger partial charge in [-0.3, -0.25) is 0 Å². The van der Waals surface area contributed by atoms with Gasteiger partial charge in [0.25, 0.3) is 0 Å². The van der Waals surface area contributed by atoms with Gasteiger partial charge in [0.15, 0.2) is 0 Å². The van der Waals surface area contributed by atoms with Crippen LogP contribution in [-0.2, 0) is 4.74 Å². The number of ether oxygens (including phenoxy) is 1. The average Bonchev–Trinajstić information content (AvgIpc) is 2.81. The molecule has 1 unspecified atom stereocenters. The highest BCUT2D eigenvalue weighted by Gasteiger charge is 2.18. The Balaban J connectivity index is 2.05. The molecule has 0 bridgehead atoms. The van der Waals surface area contributed by atoms with E-state index in [0.29, 0.717) is 6.10 Å². The molecule has 1 saturated heterocycles. The van der Waals surface area contributed by atoms with Crippen LogP contribution in [0.5, 0.6) is 0 Å². The molecule has 4 heteroatoms. The van der Waals surface area contributed by atoms with Gasteiger partial charge in [-0.05, 0) is 37.5 Å². The van der Waals surface area contributed by atoms with Crippen molar-refractivity contribution >= 4 is 21.6 Å². The molecule has 0 saturated carbocycles. The molecule has 1 heterocycles. The van der Waals surface area contributed by atoms with Crippen LogP contribution in [0.3, 0.4) is 0 Å². The lowest BCUT2D eigenvalue weighted by molar-refractivity contribution is 0.116. The van der Waals surface area contributed by atoms with Gasteiger partial charge in [-0.1, -0.05) is 22.0 Å². The van der Waals surface area contributed by atoms with E-state index in [2.05, 4.69) is 46.1 Å². The summed E-state index contributed by atoms with van der Waals surface area (Å²) in [5, 5.41) is 0. The number of benzene rings is 1. The zero-order chi connectivity index (χ0) is 13.1. The quantitative estimate of drug-likeness (QED) is 0.928. The molecule has 100 valence electrons. The summed E-state index contributed by atoms with van der Waals surface area (Å²) in [6, 6.07) is 6.40. The van der Waals surface area contributed by atoms with E-state index in [4.69, 9.17) is 10.5 Å². The van der Waals surface area contributed by atoms with Gasteiger partial charge in [-0.15, -0.1) is 0 Å². The highest BCUT2D eigenvalue weighted by atomic mass is 79.9. The van der Waals surface area contributed by atoms with E-state index < -0.39 is 0 Å². The molecule has 1 aliphatic heterocycles. The number of nitrogens with two attached hydrogens (primary N) is 1. The number of likely N-dealkylation sites (N-methyl/N-ethyl adjacent to an activating group) is 1. The Hall–Kier alpha value is -0.580. The molecule has 0 aromatic heterocycles. The van der Waals surface area contributed by atoms with Crippen molar-refractivity contribution in [3.05, 3.63) is 28.2 Å². The Kier molecular flexibility index (Phi) is 4.65. The van der Waals surface area contributed by atoms with E-state index in [0.717, 1.165) is 23.2 Å². The molecule has 0 radical (unpaired) electrons. The summed E-state index contributed by atoms with van der Waals surface area (Å²) in [7, 11) is 2.11. The predicted molar refractivity (Wildman–Crippen MR) is 79.0 cm³/mol. The second-order valence-corrected chi connectivity index (χ2v) is 5.86. The van der Waals surface area contributed by atoms with Crippen LogP contribution in [0.2, 0.25) is 0 Å². The summed E-state index contributed by atoms with van der Waals surface area (Å²) < 4.78 is 6.74. The molecule has 1 aromatic rings. The maximum Gasteiger partial charge on any atom is 0.0750 e. The maximum absolute atomic E-state index is 5.91. The molecule has 1 aromatic carbocycles. The van der Waals surface area contributed by atoms with Crippen molar-refractivity contribution in [3.8, 4) is 0 Å². The molecule has 0 amide bonds. The number of hydrogen-bond donors (Lipinski definition) is 1. The monoisotopic (exact) mass is 312 g/mol. The summed E-state index contributed by atoms with van der Waals surface area (Å²) in [6.07, 6.45) is 2.73. The first kappa shape index (κ1) is 13.8. The standard InChI is InChI=1S/C14H21BrN2O/c1-10(16)13-6-5-11(8-14(13)15)17(2)9-12-4-3-7-18-12/h5-6,8,10,12H,3-4,7,9,16H2,1-2H3/t10-,12?/m0/s1. The Morgan fingerprint density at radius 2 is 2.33 bits per heavy atom. The number of anilines is 1. The van der Waals surface area contributed by atoms with Gasteiger partial charge in [0.1, 0.15) is 0 Å². The summed E-state index contributed by atoms with van der Waals surface area (Å²) in [6.45, 7) is 3.85. The third-order valence-electron chi connectivity index (χ3n) is 3.42. The van der Waals surface area contributed by atoms with Crippen LogP contribution in [-0.4, -0.2) is 26.3 Å². The van der Waals surface area contributed by atoms with Crippen LogP contribution >= 0.6 is 15.9 Å². The van der Waals surface area contributed by atoms with Gasteiger partial charge in [0.2, 0.25) is 0 Å². The molecule has 2 atom stereocenters. The Morgan fingerprint density at radius 3 is 2.89 bits per heavy atom. The van der Waals surface area contributed by atoms with E-state index in [-0.39, 0.29) is 6.04 Å². The van der Waals surface area contributed by atoms with Crippen molar-refractivity contribution in [2.24, 2.45) is 5.73 Å². The minimum absolute atomic E-state index is 0.0527. The molecule has 1 aliphatic rings. The fourth-order valence-corrected chi connectivity index (χ4v) is 3.05. The second-order valence-electron chi connectivity index (χ2n) is 5.01. The zero-order valence-electron chi connectivity index (χ0n) is 11.0. The molecular weight excluding hydrogens is 292 g/mol. The van der Waals surface area contributed by atoms with Crippen molar-refractivity contribution < 1.29 is 4.74 Å². The Morgan fingerprint density at radius 1 is 1.56 bits per heavy atom. The second kappa shape index (κ2) is 6.04. The number of nitrogens with zero attached hydrogens (tertiary/aromatic N) is 1. The van der Waals surface area contributed by atoms with Crippen LogP contribution < -0.4 is 10.6 Å². The normalized spacial score (nSPS) is 21.0. The molecular formula is C14H21BrN2O. The topological polar surface area (TPSA) is 38.5 Å². The van der Waals surface area contributed by atoms with Gasteiger partial charge < -0.3 is 15.4 Å². The summed E-state index contributed by atoms with van der Waals surface area (Å²) in [5.41, 5.74) is 8.25. The van der Waals surface area contributed by atoms with E-state index in [9.17, 15) is 0 Å². The van der Waals surface area contributed by atoms with Crippen molar-refractivity contribution in [2.45, 2.75) is 31.9 Å². The highest BCUT2D eigenvalue weighted by Crippen LogP contribution is 2.27. The SMILES string of the molecule is C[C@H](N)c1ccc(N(C)CC2CCCO2)cc1Br. The minimum Gasteiger partial charge on any atom is -0.376 e. The number of hydrogen-bond acceptors (Lipinski definition) is 3. The largest absolute Gasteiger partial charge is 0.376 e. The van der Waals surface area contributed by atoms with Crippen LogP contribution in [0.4, 0.5) is 5.69 Å². The average molecular weight is 313 g/mol. The maximum atomic E-state index is 5.91. The molecule has 1 fully saturated rings. The lowest BCUT2D eigenvalue weighted by Crippen LogP contribution is -2.28. The summed E-state index contributed by atoms with van der Waals surface area (Å²) >= 11 is 3.59. The van der Waals surface area contributed by atoms with Crippen LogP contribution in [0.1, 0.15) is 31.4 Å². The molecule has 18 heavy (non-hydrogen) atoms. The minimum atomic E-state index is 0.0527. The van der Waals surface area contributed by atoms with Gasteiger partial charge in [0.05, 0.1) is 6.10 Å². The Labute approximate surface area is 117 Å². The third kappa shape index (κ3) is 3.25. The summed E-state index contributed by atoms with van der Waals surface area (Å²) in [4.78, 5) is 2.24. The summed E-state index contributed by atoms with van der Waals surface area (Å²) in [5.74, 6) is 0. The van der Waals surface area contributed by atoms with E-state index >= 15 is 0 Å². The lowest BCUT2D eigenvalue weighted by atomic mass is 10.1. The van der Waals surface area contributed by atoms with Crippen LogP contribution in [0.25, 0.3) is 0 Å². The van der Waals surface area contributed by atoms with Gasteiger partial charge in [-0.25, -0.2) is 0 Å². The lowest BCUT2D eigenvalue weighted by Gasteiger charge is -2.23.